The lowest BCUT2D eigenvalue weighted by atomic mass is 9.96. The number of para-hydroxylation sites is 2. The van der Waals surface area contributed by atoms with Crippen LogP contribution in [0.1, 0.15) is 28.9 Å². The summed E-state index contributed by atoms with van der Waals surface area (Å²) < 4.78 is 4.51. The molecule has 12 aromatic rings. The van der Waals surface area contributed by atoms with Crippen molar-refractivity contribution < 1.29 is 0 Å². The second kappa shape index (κ2) is 16.0. The van der Waals surface area contributed by atoms with Gasteiger partial charge in [-0.1, -0.05) is 97.1 Å². The summed E-state index contributed by atoms with van der Waals surface area (Å²) in [7, 11) is 0. The number of aryl methyl sites for hydroxylation is 4. The topological polar surface area (TPSA) is 124 Å². The molecular weight excluding hydrogens is 837 g/mol. The first kappa shape index (κ1) is 40.3. The van der Waals surface area contributed by atoms with Crippen LogP contribution in [0, 0.1) is 39.0 Å². The molecular formula is C58H40N10. The Hall–Kier alpha value is -9.20. The van der Waals surface area contributed by atoms with Gasteiger partial charge in [-0.05, 0) is 106 Å². The predicted octanol–water partition coefficient (Wildman–Crippen LogP) is 13.1. The molecule has 0 amide bonds. The number of benzene rings is 7. The van der Waals surface area contributed by atoms with Gasteiger partial charge in [0, 0.05) is 49.4 Å². The van der Waals surface area contributed by atoms with Crippen molar-refractivity contribution in [1.82, 2.24) is 44.0 Å². The summed E-state index contributed by atoms with van der Waals surface area (Å²) in [6.45, 7) is 7.55. The number of pyridine rings is 1. The Morgan fingerprint density at radius 3 is 1.25 bits per heavy atom. The standard InChI is InChI=1S/C58H40N10/c1-34-60-35(2)63-57(62-34)40-23-25-53-47(27-40)44-19-11-13-21-51(44)67(53)55-32-46(42-29-49(38-15-7-5-8-16-38)66-50(30-42)39-17-9-6-10-18-39)56(31-43(55)33-59)68-52-22-14-12-20-45(52)48-28-41(24-26-54(48)68)58-64-36(3)61-37(4)65-58/h5-32H,1-4H3. The van der Waals surface area contributed by atoms with Crippen molar-refractivity contribution in [2.45, 2.75) is 27.7 Å². The molecule has 0 radical (unpaired) electrons. The molecule has 10 nitrogen and oxygen atoms in total. The van der Waals surface area contributed by atoms with E-state index in [2.05, 4.69) is 153 Å². The molecule has 0 unspecified atom stereocenters. The molecule has 0 aliphatic carbocycles. The highest BCUT2D eigenvalue weighted by molar-refractivity contribution is 6.12. The molecule has 0 aliphatic rings. The fourth-order valence-electron chi connectivity index (χ4n) is 9.70. The molecule has 0 atom stereocenters. The molecule has 0 fully saturated rings. The molecule has 0 spiro atoms. The van der Waals surface area contributed by atoms with Crippen LogP contribution < -0.4 is 0 Å². The number of hydrogen-bond donors (Lipinski definition) is 0. The third-order valence-electron chi connectivity index (χ3n) is 12.6. The molecule has 68 heavy (non-hydrogen) atoms. The van der Waals surface area contributed by atoms with Gasteiger partial charge in [0.1, 0.15) is 29.4 Å². The second-order valence-corrected chi connectivity index (χ2v) is 17.0. The van der Waals surface area contributed by atoms with E-state index >= 15 is 0 Å². The van der Waals surface area contributed by atoms with Crippen molar-refractivity contribution in [3.05, 3.63) is 199 Å². The van der Waals surface area contributed by atoms with E-state index in [0.717, 1.165) is 99.8 Å². The van der Waals surface area contributed by atoms with E-state index < -0.39 is 0 Å². The number of aromatic nitrogens is 9. The zero-order chi connectivity index (χ0) is 46.0. The summed E-state index contributed by atoms with van der Waals surface area (Å²) in [6.07, 6.45) is 0. The third kappa shape index (κ3) is 6.84. The Labute approximate surface area is 391 Å². The van der Waals surface area contributed by atoms with E-state index in [0.29, 0.717) is 40.5 Å². The van der Waals surface area contributed by atoms with Gasteiger partial charge in [0.05, 0.1) is 50.4 Å². The van der Waals surface area contributed by atoms with E-state index in [4.69, 9.17) is 24.9 Å². The lowest BCUT2D eigenvalue weighted by Crippen LogP contribution is -2.04. The van der Waals surface area contributed by atoms with Crippen LogP contribution in [-0.2, 0) is 0 Å². The Kier molecular flexibility index (Phi) is 9.51. The minimum Gasteiger partial charge on any atom is -0.309 e. The first-order valence-electron chi connectivity index (χ1n) is 22.5. The molecule has 0 saturated carbocycles. The first-order chi connectivity index (χ1) is 33.3. The Morgan fingerprint density at radius 2 is 0.779 bits per heavy atom. The van der Waals surface area contributed by atoms with Crippen molar-refractivity contribution in [3.63, 3.8) is 0 Å². The van der Waals surface area contributed by atoms with Crippen molar-refractivity contribution >= 4 is 43.6 Å². The summed E-state index contributed by atoms with van der Waals surface area (Å²) in [5.41, 5.74) is 13.3. The van der Waals surface area contributed by atoms with Gasteiger partial charge in [-0.15, -0.1) is 0 Å². The molecule has 0 saturated heterocycles. The zero-order valence-corrected chi connectivity index (χ0v) is 37.6. The van der Waals surface area contributed by atoms with E-state index in [1.165, 1.54) is 0 Å². The maximum absolute atomic E-state index is 11.4. The highest BCUT2D eigenvalue weighted by Gasteiger charge is 2.24. The quantitative estimate of drug-likeness (QED) is 0.155. The van der Waals surface area contributed by atoms with Gasteiger partial charge in [0.2, 0.25) is 0 Å². The van der Waals surface area contributed by atoms with Crippen molar-refractivity contribution in [1.29, 1.82) is 5.26 Å². The van der Waals surface area contributed by atoms with Gasteiger partial charge in [-0.25, -0.2) is 34.9 Å². The summed E-state index contributed by atoms with van der Waals surface area (Å²) >= 11 is 0. The van der Waals surface area contributed by atoms with Crippen molar-refractivity contribution in [2.75, 3.05) is 0 Å². The lowest BCUT2D eigenvalue weighted by Gasteiger charge is -2.20. The lowest BCUT2D eigenvalue weighted by molar-refractivity contribution is 0.928. The maximum Gasteiger partial charge on any atom is 0.163 e. The van der Waals surface area contributed by atoms with Crippen LogP contribution in [0.2, 0.25) is 0 Å². The van der Waals surface area contributed by atoms with Crippen LogP contribution >= 0.6 is 0 Å². The van der Waals surface area contributed by atoms with Gasteiger partial charge in [-0.2, -0.15) is 5.26 Å². The molecule has 5 aromatic heterocycles. The van der Waals surface area contributed by atoms with Crippen LogP contribution in [0.5, 0.6) is 0 Å². The number of fused-ring (bicyclic) bond motifs is 6. The average molecular weight is 877 g/mol. The number of rotatable bonds is 7. The van der Waals surface area contributed by atoms with E-state index in [-0.39, 0.29) is 0 Å². The zero-order valence-electron chi connectivity index (χ0n) is 37.6. The van der Waals surface area contributed by atoms with E-state index in [1.54, 1.807) is 0 Å². The average Bonchev–Trinajstić information content (AvgIpc) is 3.88. The molecule has 0 bridgehead atoms. The van der Waals surface area contributed by atoms with Gasteiger partial charge >= 0.3 is 0 Å². The van der Waals surface area contributed by atoms with Crippen LogP contribution in [-0.4, -0.2) is 44.0 Å². The predicted molar refractivity (Wildman–Crippen MR) is 271 cm³/mol. The number of hydrogen-bond acceptors (Lipinski definition) is 8. The highest BCUT2D eigenvalue weighted by atomic mass is 15.0. The molecule has 12 rings (SSSR count). The van der Waals surface area contributed by atoms with E-state index in [9.17, 15) is 5.26 Å². The minimum atomic E-state index is 0.513. The molecule has 322 valence electrons. The monoisotopic (exact) mass is 876 g/mol. The van der Waals surface area contributed by atoms with Crippen molar-refractivity contribution in [3.8, 4) is 73.9 Å². The fourth-order valence-corrected chi connectivity index (χ4v) is 9.70. The summed E-state index contributed by atoms with van der Waals surface area (Å²) in [5, 5.41) is 15.5. The molecule has 0 N–H and O–H groups in total. The van der Waals surface area contributed by atoms with Gasteiger partial charge < -0.3 is 9.13 Å². The Morgan fingerprint density at radius 1 is 0.353 bits per heavy atom. The first-order valence-corrected chi connectivity index (χ1v) is 22.5. The SMILES string of the molecule is Cc1nc(C)nc(-c2ccc3c(c2)c2ccccc2n3-c2cc(-c3cc(-c4ccccc4)nc(-c4ccccc4)c3)c(-n3c4ccccc4c4cc(-c5nc(C)nc(C)n5)ccc43)cc2C#N)n1. The van der Waals surface area contributed by atoms with Crippen LogP contribution in [0.15, 0.2) is 170 Å². The molecule has 5 heterocycles. The third-order valence-corrected chi connectivity index (χ3v) is 12.6. The van der Waals surface area contributed by atoms with E-state index in [1.807, 2.05) is 70.2 Å². The second-order valence-electron chi connectivity index (χ2n) is 17.0. The van der Waals surface area contributed by atoms with Crippen LogP contribution in [0.3, 0.4) is 0 Å². The maximum atomic E-state index is 11.4. The van der Waals surface area contributed by atoms with Gasteiger partial charge in [0.15, 0.2) is 11.6 Å². The van der Waals surface area contributed by atoms with Crippen molar-refractivity contribution in [2.24, 2.45) is 0 Å². The number of nitriles is 1. The molecule has 7 aromatic carbocycles. The Bertz CT molecular complexity index is 3930. The Balaban J connectivity index is 1.17. The summed E-state index contributed by atoms with van der Waals surface area (Å²) in [4.78, 5) is 33.0. The minimum absolute atomic E-state index is 0.513. The normalized spacial score (nSPS) is 11.5. The molecule has 10 heteroatoms. The summed E-state index contributed by atoms with van der Waals surface area (Å²) in [6, 6.07) is 61.3. The van der Waals surface area contributed by atoms with Gasteiger partial charge in [-0.3, -0.25) is 0 Å². The van der Waals surface area contributed by atoms with Crippen LogP contribution in [0.25, 0.3) is 111 Å². The smallest absolute Gasteiger partial charge is 0.163 e. The highest BCUT2D eigenvalue weighted by Crippen LogP contribution is 2.43. The fraction of sp³-hybridized carbons (Fsp3) is 0.0690. The van der Waals surface area contributed by atoms with Crippen LogP contribution in [0.4, 0.5) is 0 Å². The number of nitrogens with zero attached hydrogens (tertiary/aromatic N) is 10. The largest absolute Gasteiger partial charge is 0.309 e. The van der Waals surface area contributed by atoms with Gasteiger partial charge in [0.25, 0.3) is 0 Å². The summed E-state index contributed by atoms with van der Waals surface area (Å²) in [5.74, 6) is 3.92. The molecule has 0 aliphatic heterocycles.